The fourth-order valence-corrected chi connectivity index (χ4v) is 5.35. The van der Waals surface area contributed by atoms with Gasteiger partial charge in [-0.15, -0.1) is 11.3 Å². The van der Waals surface area contributed by atoms with E-state index in [1.807, 2.05) is 23.5 Å². The molecule has 2 aromatic heterocycles. The summed E-state index contributed by atoms with van der Waals surface area (Å²) in [6.45, 7) is 6.69. The second kappa shape index (κ2) is 8.43. The summed E-state index contributed by atoms with van der Waals surface area (Å²) < 4.78 is 2.17. The molecule has 2 N–H and O–H groups in total. The van der Waals surface area contributed by atoms with Crippen molar-refractivity contribution in [3.05, 3.63) is 75.9 Å². The maximum Gasteiger partial charge on any atom is 0.315 e. The van der Waals surface area contributed by atoms with Crippen molar-refractivity contribution in [2.75, 3.05) is 13.6 Å². The van der Waals surface area contributed by atoms with Gasteiger partial charge in [0.2, 0.25) is 0 Å². The zero-order valence-corrected chi connectivity index (χ0v) is 18.1. The molecule has 152 valence electrons. The van der Waals surface area contributed by atoms with E-state index < -0.39 is 0 Å². The molecular weight excluding hydrogens is 380 g/mol. The average Bonchev–Trinajstić information content (AvgIpc) is 3.34. The number of benzene rings is 1. The largest absolute Gasteiger partial charge is 0.334 e. The van der Waals surface area contributed by atoms with Gasteiger partial charge in [-0.1, -0.05) is 29.8 Å². The number of nitrogens with zero attached hydrogens (tertiary/aromatic N) is 2. The Balaban J connectivity index is 1.51. The number of fused-ring (bicyclic) bond motifs is 1. The summed E-state index contributed by atoms with van der Waals surface area (Å²) in [4.78, 5) is 16.3. The van der Waals surface area contributed by atoms with Crippen LogP contribution in [0.15, 0.2) is 48.8 Å². The predicted molar refractivity (Wildman–Crippen MR) is 119 cm³/mol. The van der Waals surface area contributed by atoms with Gasteiger partial charge in [-0.05, 0) is 50.6 Å². The van der Waals surface area contributed by atoms with Crippen LogP contribution >= 0.6 is 11.3 Å². The number of nitrogens with one attached hydrogen (secondary N) is 2. The standard InChI is InChI=1S/C23H28N4OS/c1-16-6-8-18(9-7-16)14-24-23(28)25-17(2)21-19-10-13-26(3)15-20(19)29-22(21)27-11-4-5-12-27/h4-9,11-12,17H,10,13-15H2,1-3H3,(H2,24,25,28)/t17-/m1/s1. The van der Waals surface area contributed by atoms with Crippen molar-refractivity contribution in [1.29, 1.82) is 0 Å². The number of likely N-dealkylation sites (N-methyl/N-ethyl adjacent to an activating group) is 1. The van der Waals surface area contributed by atoms with Crippen LogP contribution in [0.1, 0.15) is 40.1 Å². The van der Waals surface area contributed by atoms with E-state index in [2.05, 4.69) is 77.7 Å². The van der Waals surface area contributed by atoms with Gasteiger partial charge >= 0.3 is 6.03 Å². The molecule has 0 aliphatic carbocycles. The molecule has 4 rings (SSSR count). The van der Waals surface area contributed by atoms with Gasteiger partial charge in [0.1, 0.15) is 5.00 Å². The van der Waals surface area contributed by atoms with Crippen LogP contribution in [-0.2, 0) is 19.5 Å². The summed E-state index contributed by atoms with van der Waals surface area (Å²) in [6, 6.07) is 12.1. The van der Waals surface area contributed by atoms with E-state index >= 15 is 0 Å². The quantitative estimate of drug-likeness (QED) is 0.658. The van der Waals surface area contributed by atoms with Crippen LogP contribution in [0.25, 0.3) is 5.00 Å². The number of urea groups is 1. The number of carbonyl (C=O) groups is 1. The van der Waals surface area contributed by atoms with E-state index in [0.29, 0.717) is 6.54 Å². The molecule has 0 spiro atoms. The highest BCUT2D eigenvalue weighted by Gasteiger charge is 2.27. The summed E-state index contributed by atoms with van der Waals surface area (Å²) in [5.74, 6) is 0. The third-order valence-corrected chi connectivity index (χ3v) is 6.71. The molecule has 0 radical (unpaired) electrons. The normalized spacial score (nSPS) is 15.0. The van der Waals surface area contributed by atoms with E-state index in [1.165, 1.54) is 26.6 Å². The van der Waals surface area contributed by atoms with Gasteiger partial charge in [0.25, 0.3) is 0 Å². The second-order valence-corrected chi connectivity index (χ2v) is 8.92. The lowest BCUT2D eigenvalue weighted by Gasteiger charge is -2.24. The van der Waals surface area contributed by atoms with Gasteiger partial charge in [0.05, 0.1) is 6.04 Å². The highest BCUT2D eigenvalue weighted by molar-refractivity contribution is 7.15. The molecule has 1 aromatic carbocycles. The fraction of sp³-hybridized carbons (Fsp3) is 0.348. The van der Waals surface area contributed by atoms with Crippen molar-refractivity contribution in [1.82, 2.24) is 20.1 Å². The first kappa shape index (κ1) is 19.7. The van der Waals surface area contributed by atoms with E-state index in [1.54, 1.807) is 0 Å². The molecule has 1 atom stereocenters. The molecule has 0 saturated heterocycles. The van der Waals surface area contributed by atoms with Crippen LogP contribution in [0.4, 0.5) is 4.79 Å². The van der Waals surface area contributed by atoms with Crippen molar-refractivity contribution in [3.8, 4) is 5.00 Å². The Morgan fingerprint density at radius 2 is 1.93 bits per heavy atom. The fourth-order valence-electron chi connectivity index (χ4n) is 3.86. The zero-order chi connectivity index (χ0) is 20.4. The van der Waals surface area contributed by atoms with Crippen LogP contribution in [0, 0.1) is 6.92 Å². The molecule has 1 aliphatic rings. The maximum absolute atomic E-state index is 12.6. The first-order chi connectivity index (χ1) is 14.0. The van der Waals surface area contributed by atoms with E-state index in [4.69, 9.17) is 0 Å². The molecule has 0 saturated carbocycles. The first-order valence-electron chi connectivity index (χ1n) is 10.1. The smallest absolute Gasteiger partial charge is 0.315 e. The summed E-state index contributed by atoms with van der Waals surface area (Å²) >= 11 is 1.84. The first-order valence-corrected chi connectivity index (χ1v) is 10.9. The Hall–Kier alpha value is -2.57. The summed E-state index contributed by atoms with van der Waals surface area (Å²) in [5, 5.41) is 7.36. The number of rotatable bonds is 5. The van der Waals surface area contributed by atoms with Crippen molar-refractivity contribution >= 4 is 17.4 Å². The SMILES string of the molecule is Cc1ccc(CNC(=O)N[C@H](C)c2c(-n3cccc3)sc3c2CCN(C)C3)cc1. The number of aryl methyl sites for hydroxylation is 1. The zero-order valence-electron chi connectivity index (χ0n) is 17.2. The molecule has 5 nitrogen and oxygen atoms in total. The monoisotopic (exact) mass is 408 g/mol. The molecule has 1 aliphatic heterocycles. The minimum absolute atomic E-state index is 0.0613. The number of carbonyl (C=O) groups excluding carboxylic acids is 1. The van der Waals surface area contributed by atoms with E-state index in [9.17, 15) is 4.79 Å². The molecule has 0 fully saturated rings. The molecule has 0 bridgehead atoms. The third-order valence-electron chi connectivity index (χ3n) is 5.46. The molecule has 29 heavy (non-hydrogen) atoms. The Bertz CT molecular complexity index is 975. The Labute approximate surface area is 176 Å². The molecule has 2 amide bonds. The van der Waals surface area contributed by atoms with Crippen LogP contribution in [0.3, 0.4) is 0 Å². The van der Waals surface area contributed by atoms with Gasteiger partial charge in [-0.3, -0.25) is 0 Å². The van der Waals surface area contributed by atoms with Crippen molar-refractivity contribution < 1.29 is 4.79 Å². The van der Waals surface area contributed by atoms with Crippen LogP contribution in [0.5, 0.6) is 0 Å². The summed E-state index contributed by atoms with van der Waals surface area (Å²) in [6.07, 6.45) is 5.18. The van der Waals surface area contributed by atoms with Gasteiger partial charge in [0, 0.05) is 42.5 Å². The van der Waals surface area contributed by atoms with E-state index in [0.717, 1.165) is 25.1 Å². The Kier molecular flexibility index (Phi) is 5.74. The van der Waals surface area contributed by atoms with Gasteiger partial charge < -0.3 is 20.1 Å². The minimum Gasteiger partial charge on any atom is -0.334 e. The summed E-state index contributed by atoms with van der Waals surface area (Å²) in [5.41, 5.74) is 4.97. The number of hydrogen-bond donors (Lipinski definition) is 2. The number of thiophene rings is 1. The van der Waals surface area contributed by atoms with Crippen LogP contribution in [-0.4, -0.2) is 29.1 Å². The second-order valence-electron chi connectivity index (χ2n) is 7.84. The predicted octanol–water partition coefficient (Wildman–Crippen LogP) is 4.40. The van der Waals surface area contributed by atoms with Crippen LogP contribution < -0.4 is 10.6 Å². The maximum atomic E-state index is 12.6. The lowest BCUT2D eigenvalue weighted by molar-refractivity contribution is 0.237. The van der Waals surface area contributed by atoms with Crippen molar-refractivity contribution in [2.45, 2.75) is 39.4 Å². The lowest BCUT2D eigenvalue weighted by atomic mass is 9.98. The minimum atomic E-state index is -0.135. The number of hydrogen-bond acceptors (Lipinski definition) is 3. The molecule has 0 unspecified atom stereocenters. The average molecular weight is 409 g/mol. The van der Waals surface area contributed by atoms with E-state index in [-0.39, 0.29) is 12.1 Å². The van der Waals surface area contributed by atoms with Gasteiger partial charge in [-0.2, -0.15) is 0 Å². The topological polar surface area (TPSA) is 49.3 Å². The number of amides is 2. The molecule has 3 heterocycles. The molecule has 3 aromatic rings. The molecule has 6 heteroatoms. The Morgan fingerprint density at radius 1 is 1.21 bits per heavy atom. The van der Waals surface area contributed by atoms with Crippen molar-refractivity contribution in [3.63, 3.8) is 0 Å². The highest BCUT2D eigenvalue weighted by atomic mass is 32.1. The highest BCUT2D eigenvalue weighted by Crippen LogP contribution is 2.38. The number of aromatic nitrogens is 1. The molecular formula is C23H28N4OS. The Morgan fingerprint density at radius 3 is 2.66 bits per heavy atom. The summed E-state index contributed by atoms with van der Waals surface area (Å²) in [7, 11) is 2.16. The van der Waals surface area contributed by atoms with Gasteiger partial charge in [-0.25, -0.2) is 4.79 Å². The lowest BCUT2D eigenvalue weighted by Crippen LogP contribution is -2.37. The third kappa shape index (κ3) is 4.38. The van der Waals surface area contributed by atoms with Gasteiger partial charge in [0.15, 0.2) is 0 Å². The van der Waals surface area contributed by atoms with Crippen molar-refractivity contribution in [2.24, 2.45) is 0 Å². The van der Waals surface area contributed by atoms with Crippen LogP contribution in [0.2, 0.25) is 0 Å².